The van der Waals surface area contributed by atoms with Crippen LogP contribution in [0.25, 0.3) is 0 Å². The van der Waals surface area contributed by atoms with Gasteiger partial charge in [-0.15, -0.1) is 0 Å². The lowest BCUT2D eigenvalue weighted by molar-refractivity contribution is 0.0851. The molecule has 0 unspecified atom stereocenters. The van der Waals surface area contributed by atoms with Crippen LogP contribution in [-0.2, 0) is 24.2 Å². The molecule has 0 spiro atoms. The first-order valence-electron chi connectivity index (χ1n) is 7.39. The minimum atomic E-state index is -0.827. The Morgan fingerprint density at radius 3 is 2.55 bits per heavy atom. The fourth-order valence-electron chi connectivity index (χ4n) is 3.35. The highest BCUT2D eigenvalue weighted by molar-refractivity contribution is 5.66. The molecule has 4 heteroatoms. The van der Waals surface area contributed by atoms with Gasteiger partial charge in [0.05, 0.1) is 0 Å². The molecular formula is C16H21NO3. The van der Waals surface area contributed by atoms with Crippen molar-refractivity contribution in [3.8, 4) is 0 Å². The third-order valence-electron chi connectivity index (χ3n) is 4.50. The van der Waals surface area contributed by atoms with Crippen LogP contribution in [0.2, 0.25) is 0 Å². The fourth-order valence-corrected chi connectivity index (χ4v) is 3.35. The van der Waals surface area contributed by atoms with E-state index in [2.05, 4.69) is 19.1 Å². The van der Waals surface area contributed by atoms with Crippen LogP contribution in [0.5, 0.6) is 0 Å². The number of ether oxygens (including phenoxy) is 1. The van der Waals surface area contributed by atoms with Crippen molar-refractivity contribution in [3.05, 3.63) is 34.4 Å². The fraction of sp³-hybridized carbons (Fsp3) is 0.562. The van der Waals surface area contributed by atoms with E-state index in [0.29, 0.717) is 19.0 Å². The molecule has 1 fully saturated rings. The minimum Gasteiger partial charge on any atom is -0.465 e. The molecular weight excluding hydrogens is 254 g/mol. The molecule has 2 heterocycles. The van der Waals surface area contributed by atoms with Gasteiger partial charge in [0.15, 0.2) is 0 Å². The molecule has 0 radical (unpaired) electrons. The van der Waals surface area contributed by atoms with Gasteiger partial charge in [-0.1, -0.05) is 19.1 Å². The molecule has 0 bridgehead atoms. The SMILES string of the molecule is CCc1cc2c(cc1C1CCOCC1)CN(C(=O)O)C2. The maximum atomic E-state index is 11.1. The summed E-state index contributed by atoms with van der Waals surface area (Å²) in [6.07, 6.45) is 2.34. The third-order valence-corrected chi connectivity index (χ3v) is 4.50. The lowest BCUT2D eigenvalue weighted by atomic mass is 9.85. The summed E-state index contributed by atoms with van der Waals surface area (Å²) < 4.78 is 5.45. The minimum absolute atomic E-state index is 0.533. The molecule has 0 atom stereocenters. The highest BCUT2D eigenvalue weighted by Gasteiger charge is 2.26. The smallest absolute Gasteiger partial charge is 0.407 e. The quantitative estimate of drug-likeness (QED) is 0.902. The van der Waals surface area contributed by atoms with Gasteiger partial charge >= 0.3 is 6.09 Å². The first-order chi connectivity index (χ1) is 9.69. The molecule has 108 valence electrons. The van der Waals surface area contributed by atoms with Crippen LogP contribution in [0.4, 0.5) is 4.79 Å². The van der Waals surface area contributed by atoms with Gasteiger partial charge in [-0.25, -0.2) is 4.79 Å². The van der Waals surface area contributed by atoms with E-state index in [1.807, 2.05) is 0 Å². The van der Waals surface area contributed by atoms with Crippen LogP contribution < -0.4 is 0 Å². The molecule has 0 aromatic heterocycles. The Labute approximate surface area is 119 Å². The van der Waals surface area contributed by atoms with Crippen LogP contribution in [0, 0.1) is 0 Å². The second-order valence-electron chi connectivity index (χ2n) is 5.70. The average Bonchev–Trinajstić information content (AvgIpc) is 2.90. The first-order valence-corrected chi connectivity index (χ1v) is 7.39. The number of carbonyl (C=O) groups is 1. The average molecular weight is 275 g/mol. The zero-order chi connectivity index (χ0) is 14.1. The van der Waals surface area contributed by atoms with Gasteiger partial charge in [-0.2, -0.15) is 0 Å². The maximum Gasteiger partial charge on any atom is 0.407 e. The molecule has 1 N–H and O–H groups in total. The van der Waals surface area contributed by atoms with Gasteiger partial charge in [0.2, 0.25) is 0 Å². The van der Waals surface area contributed by atoms with Gasteiger partial charge < -0.3 is 9.84 Å². The lowest BCUT2D eigenvalue weighted by Crippen LogP contribution is -2.22. The van der Waals surface area contributed by atoms with Crippen LogP contribution in [0.1, 0.15) is 47.9 Å². The van der Waals surface area contributed by atoms with Crippen LogP contribution in [0.15, 0.2) is 12.1 Å². The van der Waals surface area contributed by atoms with Gasteiger partial charge in [0, 0.05) is 26.3 Å². The molecule has 0 saturated carbocycles. The van der Waals surface area contributed by atoms with Crippen molar-refractivity contribution >= 4 is 6.09 Å². The summed E-state index contributed by atoms with van der Waals surface area (Å²) in [5, 5.41) is 9.14. The molecule has 1 saturated heterocycles. The number of aryl methyl sites for hydroxylation is 1. The van der Waals surface area contributed by atoms with Crippen molar-refractivity contribution in [3.63, 3.8) is 0 Å². The Kier molecular flexibility index (Phi) is 3.66. The topological polar surface area (TPSA) is 49.8 Å². The molecule has 3 rings (SSSR count). The van der Waals surface area contributed by atoms with E-state index in [1.54, 1.807) is 0 Å². The van der Waals surface area contributed by atoms with E-state index >= 15 is 0 Å². The summed E-state index contributed by atoms with van der Waals surface area (Å²) >= 11 is 0. The number of hydrogen-bond donors (Lipinski definition) is 1. The Bertz CT molecular complexity index is 521. The van der Waals surface area contributed by atoms with E-state index in [4.69, 9.17) is 9.84 Å². The van der Waals surface area contributed by atoms with Crippen molar-refractivity contribution in [2.75, 3.05) is 13.2 Å². The standard InChI is InChI=1S/C16H21NO3/c1-2-11-7-13-9-17(16(18)19)10-14(13)8-15(11)12-3-5-20-6-4-12/h7-8,12H,2-6,9-10H2,1H3,(H,18,19). The lowest BCUT2D eigenvalue weighted by Gasteiger charge is -2.25. The predicted molar refractivity (Wildman–Crippen MR) is 75.9 cm³/mol. The van der Waals surface area contributed by atoms with Gasteiger partial charge in [0.1, 0.15) is 0 Å². The zero-order valence-corrected chi connectivity index (χ0v) is 11.9. The summed E-state index contributed by atoms with van der Waals surface area (Å²) in [4.78, 5) is 12.6. The van der Waals surface area contributed by atoms with Gasteiger partial charge in [0.25, 0.3) is 0 Å². The highest BCUT2D eigenvalue weighted by atomic mass is 16.5. The number of hydrogen-bond acceptors (Lipinski definition) is 2. The van der Waals surface area contributed by atoms with Crippen molar-refractivity contribution in [2.45, 2.75) is 45.2 Å². The zero-order valence-electron chi connectivity index (χ0n) is 11.9. The second kappa shape index (κ2) is 5.44. The highest BCUT2D eigenvalue weighted by Crippen LogP contribution is 2.34. The molecule has 1 aromatic rings. The summed E-state index contributed by atoms with van der Waals surface area (Å²) in [6.45, 7) is 4.92. The second-order valence-corrected chi connectivity index (χ2v) is 5.70. The maximum absolute atomic E-state index is 11.1. The van der Waals surface area contributed by atoms with E-state index in [9.17, 15) is 4.79 Å². The number of fused-ring (bicyclic) bond motifs is 1. The van der Waals surface area contributed by atoms with E-state index in [-0.39, 0.29) is 0 Å². The van der Waals surface area contributed by atoms with E-state index in [0.717, 1.165) is 32.5 Å². The molecule has 20 heavy (non-hydrogen) atoms. The summed E-state index contributed by atoms with van der Waals surface area (Å²) in [5.41, 5.74) is 5.16. The number of benzene rings is 1. The Morgan fingerprint density at radius 2 is 1.95 bits per heavy atom. The Morgan fingerprint density at radius 1 is 1.30 bits per heavy atom. The monoisotopic (exact) mass is 275 g/mol. The first kappa shape index (κ1) is 13.4. The molecule has 2 aliphatic rings. The molecule has 4 nitrogen and oxygen atoms in total. The molecule has 0 aliphatic carbocycles. The normalized spacial score (nSPS) is 19.1. The summed E-state index contributed by atoms with van der Waals surface area (Å²) in [7, 11) is 0. The van der Waals surface area contributed by atoms with Crippen molar-refractivity contribution in [1.82, 2.24) is 4.90 Å². The third kappa shape index (κ3) is 2.40. The molecule has 1 amide bonds. The number of nitrogens with zero attached hydrogens (tertiary/aromatic N) is 1. The van der Waals surface area contributed by atoms with Crippen molar-refractivity contribution in [2.24, 2.45) is 0 Å². The Balaban J connectivity index is 1.92. The van der Waals surface area contributed by atoms with Crippen LogP contribution >= 0.6 is 0 Å². The van der Waals surface area contributed by atoms with Gasteiger partial charge in [-0.3, -0.25) is 4.90 Å². The van der Waals surface area contributed by atoms with Crippen LogP contribution in [-0.4, -0.2) is 29.3 Å². The number of rotatable bonds is 2. The molecule has 2 aliphatic heterocycles. The Hall–Kier alpha value is -1.55. The van der Waals surface area contributed by atoms with Crippen molar-refractivity contribution in [1.29, 1.82) is 0 Å². The van der Waals surface area contributed by atoms with Crippen LogP contribution in [0.3, 0.4) is 0 Å². The molecule has 1 aromatic carbocycles. The van der Waals surface area contributed by atoms with Crippen molar-refractivity contribution < 1.29 is 14.6 Å². The largest absolute Gasteiger partial charge is 0.465 e. The van der Waals surface area contributed by atoms with E-state index in [1.165, 1.54) is 27.2 Å². The summed E-state index contributed by atoms with van der Waals surface area (Å²) in [5.74, 6) is 0.572. The number of amides is 1. The predicted octanol–water partition coefficient (Wildman–Crippen LogP) is 3.14. The van der Waals surface area contributed by atoms with Gasteiger partial charge in [-0.05, 0) is 47.4 Å². The number of carboxylic acid groups (broad SMARTS) is 1. The van der Waals surface area contributed by atoms with E-state index < -0.39 is 6.09 Å². The summed E-state index contributed by atoms with van der Waals surface area (Å²) in [6, 6.07) is 4.48.